The molecule has 1 saturated carbocycles. The van der Waals surface area contributed by atoms with Crippen LogP contribution in [0.3, 0.4) is 0 Å². The molecule has 1 amide bonds. The maximum Gasteiger partial charge on any atom is 0.227 e. The van der Waals surface area contributed by atoms with Crippen LogP contribution in [0.1, 0.15) is 51.0 Å². The molecule has 2 N–H and O–H groups in total. The van der Waals surface area contributed by atoms with Crippen LogP contribution in [0.25, 0.3) is 0 Å². The number of carbonyl (C=O) groups is 1. The van der Waals surface area contributed by atoms with Gasteiger partial charge in [0.05, 0.1) is 13.2 Å². The molecule has 3 aliphatic rings. The summed E-state index contributed by atoms with van der Waals surface area (Å²) >= 11 is 0. The number of amides is 1. The zero-order valence-electron chi connectivity index (χ0n) is 18.0. The highest BCUT2D eigenvalue weighted by molar-refractivity contribution is 14.0. The van der Waals surface area contributed by atoms with Gasteiger partial charge in [0.25, 0.3) is 0 Å². The number of halogens is 1. The minimum atomic E-state index is 0. The van der Waals surface area contributed by atoms with Crippen LogP contribution < -0.4 is 10.6 Å². The lowest BCUT2D eigenvalue weighted by molar-refractivity contribution is -0.119. The molecule has 7 heteroatoms. The van der Waals surface area contributed by atoms with E-state index in [1.54, 1.807) is 0 Å². The van der Waals surface area contributed by atoms with Crippen LogP contribution in [0, 0.1) is 11.3 Å². The Morgan fingerprint density at radius 3 is 2.87 bits per heavy atom. The van der Waals surface area contributed by atoms with Gasteiger partial charge in [-0.3, -0.25) is 4.79 Å². The van der Waals surface area contributed by atoms with Gasteiger partial charge in [0.1, 0.15) is 0 Å². The average molecular weight is 526 g/mol. The van der Waals surface area contributed by atoms with Crippen LogP contribution >= 0.6 is 24.0 Å². The van der Waals surface area contributed by atoms with E-state index in [-0.39, 0.29) is 35.8 Å². The summed E-state index contributed by atoms with van der Waals surface area (Å²) in [5.74, 6) is 1.33. The van der Waals surface area contributed by atoms with Crippen LogP contribution in [0.2, 0.25) is 0 Å². The Hall–Kier alpha value is -1.35. The molecule has 1 aliphatic carbocycles. The Bertz CT molecular complexity index is 742. The Balaban J connectivity index is 0.00000256. The number of benzene rings is 1. The summed E-state index contributed by atoms with van der Waals surface area (Å²) in [5, 5.41) is 6.55. The van der Waals surface area contributed by atoms with Crippen molar-refractivity contribution in [2.75, 3.05) is 38.2 Å². The highest BCUT2D eigenvalue weighted by Crippen LogP contribution is 2.38. The molecule has 1 spiro atoms. The van der Waals surface area contributed by atoms with Crippen molar-refractivity contribution in [3.05, 3.63) is 29.8 Å². The number of hydrogen-bond acceptors (Lipinski definition) is 3. The fraction of sp³-hybridized carbons (Fsp3) is 0.652. The third kappa shape index (κ3) is 5.66. The Morgan fingerprint density at radius 1 is 1.30 bits per heavy atom. The van der Waals surface area contributed by atoms with Gasteiger partial charge >= 0.3 is 0 Å². The molecule has 0 aromatic heterocycles. The van der Waals surface area contributed by atoms with E-state index in [0.717, 1.165) is 69.3 Å². The molecule has 0 radical (unpaired) electrons. The standard InChI is InChI=1S/C23H34N4O2.HI/c1-2-24-22(27-12-10-23(16-27)11-13-29-17-23)25-15-18-6-5-9-20(14-18)26-21(28)19-7-3-4-8-19;/h5-6,9,14,19H,2-4,7-8,10-13,15-17H2,1H3,(H,24,25)(H,26,28);1H. The average Bonchev–Trinajstić information content (AvgIpc) is 3.49. The van der Waals surface area contributed by atoms with Crippen molar-refractivity contribution in [1.82, 2.24) is 10.2 Å². The zero-order valence-corrected chi connectivity index (χ0v) is 20.3. The van der Waals surface area contributed by atoms with Crippen molar-refractivity contribution in [3.8, 4) is 0 Å². The lowest BCUT2D eigenvalue weighted by atomic mass is 9.87. The van der Waals surface area contributed by atoms with E-state index in [9.17, 15) is 4.79 Å². The first-order chi connectivity index (χ1) is 14.2. The number of hydrogen-bond donors (Lipinski definition) is 2. The fourth-order valence-electron chi connectivity index (χ4n) is 4.86. The van der Waals surface area contributed by atoms with Crippen molar-refractivity contribution in [2.24, 2.45) is 16.3 Å². The van der Waals surface area contributed by atoms with E-state index in [0.29, 0.717) is 12.0 Å². The van der Waals surface area contributed by atoms with E-state index in [1.165, 1.54) is 19.3 Å². The van der Waals surface area contributed by atoms with Gasteiger partial charge in [-0.2, -0.15) is 0 Å². The van der Waals surface area contributed by atoms with Gasteiger partial charge in [-0.05, 0) is 50.3 Å². The largest absolute Gasteiger partial charge is 0.381 e. The van der Waals surface area contributed by atoms with E-state index in [1.807, 2.05) is 12.1 Å². The summed E-state index contributed by atoms with van der Waals surface area (Å²) in [4.78, 5) is 19.7. The van der Waals surface area contributed by atoms with E-state index in [2.05, 4.69) is 34.6 Å². The third-order valence-electron chi connectivity index (χ3n) is 6.59. The van der Waals surface area contributed by atoms with Crippen molar-refractivity contribution >= 4 is 41.5 Å². The van der Waals surface area contributed by atoms with Crippen molar-refractivity contribution < 1.29 is 9.53 Å². The minimum Gasteiger partial charge on any atom is -0.381 e. The molecule has 6 nitrogen and oxygen atoms in total. The summed E-state index contributed by atoms with van der Waals surface area (Å²) in [6, 6.07) is 8.10. The number of nitrogens with zero attached hydrogens (tertiary/aromatic N) is 2. The van der Waals surface area contributed by atoms with Crippen LogP contribution in [-0.2, 0) is 16.1 Å². The molecule has 3 fully saturated rings. The number of anilines is 1. The zero-order chi connectivity index (χ0) is 20.1. The molecule has 1 aromatic carbocycles. The number of rotatable bonds is 5. The molecule has 2 heterocycles. The van der Waals surface area contributed by atoms with Gasteiger partial charge in [-0.25, -0.2) is 4.99 Å². The predicted molar refractivity (Wildman–Crippen MR) is 131 cm³/mol. The van der Waals surface area contributed by atoms with Gasteiger partial charge in [0.15, 0.2) is 5.96 Å². The second-order valence-corrected chi connectivity index (χ2v) is 8.82. The van der Waals surface area contributed by atoms with Gasteiger partial charge in [0, 0.05) is 43.3 Å². The van der Waals surface area contributed by atoms with E-state index >= 15 is 0 Å². The van der Waals surface area contributed by atoms with Crippen molar-refractivity contribution in [2.45, 2.75) is 52.0 Å². The molecule has 30 heavy (non-hydrogen) atoms. The van der Waals surface area contributed by atoms with Crippen LogP contribution in [0.15, 0.2) is 29.3 Å². The molecular weight excluding hydrogens is 491 g/mol. The van der Waals surface area contributed by atoms with Crippen molar-refractivity contribution in [1.29, 1.82) is 0 Å². The molecule has 1 atom stereocenters. The van der Waals surface area contributed by atoms with Gasteiger partial charge in [0.2, 0.25) is 5.91 Å². The molecule has 4 rings (SSSR count). The van der Waals surface area contributed by atoms with E-state index in [4.69, 9.17) is 9.73 Å². The summed E-state index contributed by atoms with van der Waals surface area (Å²) in [7, 11) is 0. The van der Waals surface area contributed by atoms with Gasteiger partial charge in [-0.15, -0.1) is 24.0 Å². The normalized spacial score (nSPS) is 24.3. The van der Waals surface area contributed by atoms with Gasteiger partial charge < -0.3 is 20.3 Å². The number of nitrogens with one attached hydrogen (secondary N) is 2. The molecule has 2 saturated heterocycles. The first kappa shape index (κ1) is 23.3. The van der Waals surface area contributed by atoms with Crippen LogP contribution in [0.5, 0.6) is 0 Å². The van der Waals surface area contributed by atoms with Crippen LogP contribution in [0.4, 0.5) is 5.69 Å². The van der Waals surface area contributed by atoms with E-state index < -0.39 is 0 Å². The molecule has 0 bridgehead atoms. The molecular formula is C23H35IN4O2. The number of aliphatic imine (C=N–C) groups is 1. The Kier molecular flexibility index (Phi) is 8.39. The third-order valence-corrected chi connectivity index (χ3v) is 6.59. The van der Waals surface area contributed by atoms with Gasteiger partial charge in [-0.1, -0.05) is 25.0 Å². The second kappa shape index (κ2) is 10.8. The maximum atomic E-state index is 12.4. The van der Waals surface area contributed by atoms with Crippen molar-refractivity contribution in [3.63, 3.8) is 0 Å². The first-order valence-electron chi connectivity index (χ1n) is 11.2. The maximum absolute atomic E-state index is 12.4. The Labute approximate surface area is 197 Å². The topological polar surface area (TPSA) is 66.0 Å². The Morgan fingerprint density at radius 2 is 2.13 bits per heavy atom. The van der Waals surface area contributed by atoms with Crippen LogP contribution in [-0.4, -0.2) is 49.6 Å². The smallest absolute Gasteiger partial charge is 0.227 e. The lowest BCUT2D eigenvalue weighted by Gasteiger charge is -2.25. The molecule has 166 valence electrons. The highest BCUT2D eigenvalue weighted by Gasteiger charge is 2.42. The molecule has 2 aliphatic heterocycles. The summed E-state index contributed by atoms with van der Waals surface area (Å²) < 4.78 is 5.66. The lowest BCUT2D eigenvalue weighted by Crippen LogP contribution is -2.41. The summed E-state index contributed by atoms with van der Waals surface area (Å²) in [5.41, 5.74) is 2.31. The number of likely N-dealkylation sites (tertiary alicyclic amines) is 1. The number of guanidine groups is 1. The minimum absolute atomic E-state index is 0. The summed E-state index contributed by atoms with van der Waals surface area (Å²) in [6.45, 7) is 7.40. The quantitative estimate of drug-likeness (QED) is 0.346. The summed E-state index contributed by atoms with van der Waals surface area (Å²) in [6.07, 6.45) is 6.72. The predicted octanol–water partition coefficient (Wildman–Crippen LogP) is 4.01. The monoisotopic (exact) mass is 526 g/mol. The molecule has 1 unspecified atom stereocenters. The highest BCUT2D eigenvalue weighted by atomic mass is 127. The number of carbonyl (C=O) groups excluding carboxylic acids is 1. The number of ether oxygens (including phenoxy) is 1. The SMILES string of the molecule is CCNC(=NCc1cccc(NC(=O)C2CCCC2)c1)N1CCC2(CCOC2)C1.I. The fourth-order valence-corrected chi connectivity index (χ4v) is 4.86. The first-order valence-corrected chi connectivity index (χ1v) is 11.2. The molecule has 1 aromatic rings. The second-order valence-electron chi connectivity index (χ2n) is 8.82.